The minimum atomic E-state index is -7.05. The van der Waals surface area contributed by atoms with E-state index in [4.69, 9.17) is 23.2 Å². The van der Waals surface area contributed by atoms with Gasteiger partial charge in [0.1, 0.15) is 0 Å². The summed E-state index contributed by atoms with van der Waals surface area (Å²) in [5, 5.41) is 1.30. The summed E-state index contributed by atoms with van der Waals surface area (Å²) in [4.78, 5) is 31.0. The number of aromatic nitrogens is 2. The third kappa shape index (κ3) is 4.63. The van der Waals surface area contributed by atoms with Crippen LogP contribution in [-0.2, 0) is 9.59 Å². The Bertz CT molecular complexity index is 1460. The largest absolute Gasteiger partial charge is 0.393 e. The third-order valence-corrected chi connectivity index (χ3v) is 7.23. The summed E-state index contributed by atoms with van der Waals surface area (Å²) in [5.41, 5.74) is 0.158. The molecule has 4 aromatic rings. The topological polar surface area (TPSA) is 84.0 Å². The van der Waals surface area contributed by atoms with Gasteiger partial charge in [-0.15, -0.1) is 0 Å². The number of amides is 2. The first-order valence-corrected chi connectivity index (χ1v) is 12.1. The number of hydrogen-bond donors (Lipinski definition) is 2. The number of halogens is 10. The number of nitrogens with one attached hydrogen (secondary N) is 2. The van der Waals surface area contributed by atoms with Crippen LogP contribution in [0.15, 0.2) is 36.4 Å². The van der Waals surface area contributed by atoms with Crippen molar-refractivity contribution in [1.29, 1.82) is 0 Å². The fourth-order valence-corrected chi connectivity index (χ4v) is 5.21. The average Bonchev–Trinajstić information content (AvgIpc) is 3.40. The van der Waals surface area contributed by atoms with Crippen molar-refractivity contribution in [3.63, 3.8) is 0 Å². The van der Waals surface area contributed by atoms with E-state index in [1.165, 1.54) is 47.0 Å². The highest BCUT2D eigenvalue weighted by molar-refractivity contribution is 7.22. The summed E-state index contributed by atoms with van der Waals surface area (Å²) in [6.07, 6.45) is 0. The summed E-state index contributed by atoms with van der Waals surface area (Å²) >= 11 is 12.4. The molecule has 2 amide bonds. The zero-order valence-electron chi connectivity index (χ0n) is 17.8. The van der Waals surface area contributed by atoms with Gasteiger partial charge in [0.05, 0.1) is 20.4 Å². The van der Waals surface area contributed by atoms with E-state index in [0.717, 1.165) is 0 Å². The van der Waals surface area contributed by atoms with Gasteiger partial charge in [0, 0.05) is 10.0 Å². The average molecular weight is 623 g/mol. The van der Waals surface area contributed by atoms with Gasteiger partial charge in [-0.1, -0.05) is 45.9 Å². The van der Waals surface area contributed by atoms with Crippen molar-refractivity contribution in [2.75, 3.05) is 10.6 Å². The molecule has 0 unspecified atom stereocenters. The minimum Gasteiger partial charge on any atom is -0.296 e. The number of hydrogen-bond acceptors (Lipinski definition) is 6. The first kappa shape index (κ1) is 28.2. The van der Waals surface area contributed by atoms with E-state index in [1.807, 2.05) is 0 Å². The Kier molecular flexibility index (Phi) is 6.99. The van der Waals surface area contributed by atoms with Gasteiger partial charge in [-0.25, -0.2) is 9.97 Å². The summed E-state index contributed by atoms with van der Waals surface area (Å²) in [7, 11) is 0. The number of carbonyl (C=O) groups excluding carboxylic acids is 2. The molecule has 0 aliphatic carbocycles. The summed E-state index contributed by atoms with van der Waals surface area (Å²) in [6.45, 7) is 0. The first-order chi connectivity index (χ1) is 17.5. The monoisotopic (exact) mass is 622 g/mol. The van der Waals surface area contributed by atoms with E-state index in [9.17, 15) is 44.7 Å². The van der Waals surface area contributed by atoms with Crippen LogP contribution in [0.4, 0.5) is 45.4 Å². The van der Waals surface area contributed by atoms with E-state index in [1.54, 1.807) is 0 Å². The first-order valence-electron chi connectivity index (χ1n) is 9.74. The van der Waals surface area contributed by atoms with E-state index in [-0.39, 0.29) is 30.5 Å². The molecule has 0 aliphatic heterocycles. The SMILES string of the molecule is O=C(Nc1nc2ccc(Cl)cc2s1)C(F)(F)C(F)(F)C(F)(F)C(F)(F)C(=O)Nc1nc2ccc(Cl)cc2s1. The molecule has 0 aliphatic rings. The lowest BCUT2D eigenvalue weighted by atomic mass is 9.97. The van der Waals surface area contributed by atoms with Crippen molar-refractivity contribution in [3.05, 3.63) is 46.4 Å². The fourth-order valence-electron chi connectivity index (χ4n) is 2.93. The Morgan fingerprint density at radius 3 is 1.34 bits per heavy atom. The number of nitrogens with zero attached hydrogens (tertiary/aromatic N) is 2. The molecule has 0 atom stereocenters. The van der Waals surface area contributed by atoms with Gasteiger partial charge >= 0.3 is 35.5 Å². The molecule has 4 rings (SSSR count). The molecule has 18 heteroatoms. The van der Waals surface area contributed by atoms with Crippen LogP contribution in [0.3, 0.4) is 0 Å². The van der Waals surface area contributed by atoms with Crippen LogP contribution in [0.25, 0.3) is 20.4 Å². The van der Waals surface area contributed by atoms with Gasteiger partial charge in [0.25, 0.3) is 0 Å². The zero-order valence-corrected chi connectivity index (χ0v) is 20.9. The molecule has 0 spiro atoms. The van der Waals surface area contributed by atoms with E-state index >= 15 is 0 Å². The lowest BCUT2D eigenvalue weighted by Gasteiger charge is -2.35. The van der Waals surface area contributed by atoms with Gasteiger partial charge < -0.3 is 0 Å². The molecule has 0 fully saturated rings. The van der Waals surface area contributed by atoms with Gasteiger partial charge in [0.15, 0.2) is 10.3 Å². The molecule has 0 bridgehead atoms. The quantitative estimate of drug-likeness (QED) is 0.211. The van der Waals surface area contributed by atoms with Crippen molar-refractivity contribution in [2.24, 2.45) is 0 Å². The maximum absolute atomic E-state index is 14.3. The van der Waals surface area contributed by atoms with Gasteiger partial charge in [-0.2, -0.15) is 35.1 Å². The standard InChI is InChI=1S/C20H8Cl2F8N4O2S2/c21-7-1-3-9-11(5-7)37-15(31-9)33-13(35)17(23,24)19(27,28)20(29,30)18(25,26)14(36)34-16-32-10-4-2-8(22)6-12(10)38-16/h1-6H,(H,31,33,35)(H,32,34,36). The molecule has 202 valence electrons. The van der Waals surface area contributed by atoms with E-state index < -0.39 is 45.8 Å². The lowest BCUT2D eigenvalue weighted by Crippen LogP contribution is -2.67. The van der Waals surface area contributed by atoms with Crippen molar-refractivity contribution in [2.45, 2.75) is 23.7 Å². The van der Waals surface area contributed by atoms with Gasteiger partial charge in [-0.05, 0) is 36.4 Å². The molecular weight excluding hydrogens is 615 g/mol. The van der Waals surface area contributed by atoms with Crippen LogP contribution in [0.1, 0.15) is 0 Å². The van der Waals surface area contributed by atoms with Crippen LogP contribution in [0.5, 0.6) is 0 Å². The second-order valence-electron chi connectivity index (χ2n) is 7.47. The Morgan fingerprint density at radius 1 is 0.658 bits per heavy atom. The molecule has 2 N–H and O–H groups in total. The third-order valence-electron chi connectivity index (χ3n) is 4.90. The maximum atomic E-state index is 14.3. The number of carbonyl (C=O) groups is 2. The number of fused-ring (bicyclic) bond motifs is 2. The molecular formula is C20H8Cl2F8N4O2S2. The molecule has 0 saturated carbocycles. The highest BCUT2D eigenvalue weighted by atomic mass is 35.5. The normalized spacial score (nSPS) is 13.2. The highest BCUT2D eigenvalue weighted by Crippen LogP contribution is 2.53. The van der Waals surface area contributed by atoms with Crippen molar-refractivity contribution >= 4 is 88.4 Å². The zero-order chi connectivity index (χ0) is 28.3. The van der Waals surface area contributed by atoms with Crippen LogP contribution in [0.2, 0.25) is 10.0 Å². The molecule has 2 aromatic carbocycles. The molecule has 38 heavy (non-hydrogen) atoms. The van der Waals surface area contributed by atoms with Crippen molar-refractivity contribution < 1.29 is 44.7 Å². The summed E-state index contributed by atoms with van der Waals surface area (Å²) < 4.78 is 115. The molecule has 6 nitrogen and oxygen atoms in total. The van der Waals surface area contributed by atoms with E-state index in [2.05, 4.69) is 9.97 Å². The fraction of sp³-hybridized carbons (Fsp3) is 0.200. The van der Waals surface area contributed by atoms with E-state index in [0.29, 0.717) is 22.7 Å². The molecule has 2 heterocycles. The smallest absolute Gasteiger partial charge is 0.296 e. The molecule has 0 saturated heterocycles. The van der Waals surface area contributed by atoms with Gasteiger partial charge in [-0.3, -0.25) is 20.2 Å². The van der Waals surface area contributed by atoms with Crippen molar-refractivity contribution in [3.8, 4) is 0 Å². The number of rotatable bonds is 7. The Morgan fingerprint density at radius 2 is 1.00 bits per heavy atom. The number of thiazole rings is 2. The number of alkyl halides is 8. The second-order valence-corrected chi connectivity index (χ2v) is 10.4. The maximum Gasteiger partial charge on any atom is 0.393 e. The Labute approximate surface area is 223 Å². The van der Waals surface area contributed by atoms with Crippen LogP contribution in [0, 0.1) is 0 Å². The van der Waals surface area contributed by atoms with Crippen LogP contribution in [-0.4, -0.2) is 45.5 Å². The van der Waals surface area contributed by atoms with Crippen LogP contribution < -0.4 is 10.6 Å². The van der Waals surface area contributed by atoms with Crippen LogP contribution >= 0.6 is 45.9 Å². The predicted molar refractivity (Wildman–Crippen MR) is 126 cm³/mol. The van der Waals surface area contributed by atoms with Crippen molar-refractivity contribution in [1.82, 2.24) is 9.97 Å². The summed E-state index contributed by atoms with van der Waals surface area (Å²) in [6, 6.07) is 7.78. The predicted octanol–water partition coefficient (Wildman–Crippen LogP) is 7.33. The second kappa shape index (κ2) is 9.43. The minimum absolute atomic E-state index is 0.0791. The highest BCUT2D eigenvalue weighted by Gasteiger charge is 2.84. The number of anilines is 2. The number of benzene rings is 2. The summed E-state index contributed by atoms with van der Waals surface area (Å²) in [5.74, 6) is -33.1. The molecule has 0 radical (unpaired) electrons. The Balaban J connectivity index is 1.57. The molecule has 2 aromatic heterocycles. The van der Waals surface area contributed by atoms with Gasteiger partial charge in [0.2, 0.25) is 0 Å². The lowest BCUT2D eigenvalue weighted by molar-refractivity contribution is -0.345. The Hall–Kier alpha value is -2.82.